The van der Waals surface area contributed by atoms with Crippen molar-refractivity contribution in [1.29, 1.82) is 0 Å². The van der Waals surface area contributed by atoms with Crippen LogP contribution in [0, 0.1) is 0 Å². The van der Waals surface area contributed by atoms with Crippen LogP contribution >= 0.6 is 12.4 Å². The van der Waals surface area contributed by atoms with Gasteiger partial charge in [0.1, 0.15) is 4.90 Å². The molecule has 1 aliphatic heterocycles. The minimum atomic E-state index is -3.44. The van der Waals surface area contributed by atoms with E-state index in [1.165, 1.54) is 23.7 Å². The quantitative estimate of drug-likeness (QED) is 0.880. The minimum absolute atomic E-state index is 0. The van der Waals surface area contributed by atoms with Gasteiger partial charge in [0.15, 0.2) is 0 Å². The molecule has 1 aromatic rings. The van der Waals surface area contributed by atoms with Gasteiger partial charge in [0, 0.05) is 31.7 Å². The van der Waals surface area contributed by atoms with Crippen LogP contribution in [0.15, 0.2) is 23.2 Å². The third kappa shape index (κ3) is 3.56. The number of nitrogens with zero attached hydrogens (tertiary/aromatic N) is 2. The van der Waals surface area contributed by atoms with Crippen molar-refractivity contribution in [3.05, 3.63) is 18.3 Å². The molecule has 1 atom stereocenters. The Balaban J connectivity index is 0.00000180. The molecular formula is C11H18ClN3O3S. The van der Waals surface area contributed by atoms with Gasteiger partial charge in [-0.05, 0) is 13.0 Å². The largest absolute Gasteiger partial charge is 0.481 e. The molecule has 1 fully saturated rings. The topological polar surface area (TPSA) is 71.5 Å². The van der Waals surface area contributed by atoms with E-state index >= 15 is 0 Å². The number of aromatic nitrogens is 1. The first-order valence-electron chi connectivity index (χ1n) is 5.77. The smallest absolute Gasteiger partial charge is 0.244 e. The first-order valence-corrected chi connectivity index (χ1v) is 7.21. The van der Waals surface area contributed by atoms with Gasteiger partial charge in [-0.2, -0.15) is 4.31 Å². The van der Waals surface area contributed by atoms with Gasteiger partial charge in [0.2, 0.25) is 15.9 Å². The lowest BCUT2D eigenvalue weighted by Gasteiger charge is -2.30. The molecule has 1 N–H and O–H groups in total. The van der Waals surface area contributed by atoms with Crippen LogP contribution in [0.4, 0.5) is 0 Å². The number of rotatable bonds is 3. The summed E-state index contributed by atoms with van der Waals surface area (Å²) >= 11 is 0. The predicted molar refractivity (Wildman–Crippen MR) is 74.3 cm³/mol. The number of methoxy groups -OCH3 is 1. The summed E-state index contributed by atoms with van der Waals surface area (Å²) in [6.07, 6.45) is 1.33. The minimum Gasteiger partial charge on any atom is -0.481 e. The van der Waals surface area contributed by atoms with E-state index in [0.29, 0.717) is 25.5 Å². The van der Waals surface area contributed by atoms with E-state index in [0.717, 1.165) is 0 Å². The van der Waals surface area contributed by atoms with Crippen molar-refractivity contribution in [1.82, 2.24) is 14.6 Å². The van der Waals surface area contributed by atoms with Gasteiger partial charge < -0.3 is 10.1 Å². The van der Waals surface area contributed by atoms with Crippen molar-refractivity contribution in [3.8, 4) is 5.88 Å². The summed E-state index contributed by atoms with van der Waals surface area (Å²) in [5.74, 6) is 0.405. The maximum absolute atomic E-state index is 12.3. The van der Waals surface area contributed by atoms with Crippen molar-refractivity contribution in [2.45, 2.75) is 17.9 Å². The lowest BCUT2D eigenvalue weighted by Crippen LogP contribution is -2.51. The van der Waals surface area contributed by atoms with Gasteiger partial charge in [0.25, 0.3) is 0 Å². The molecule has 2 rings (SSSR count). The lowest BCUT2D eigenvalue weighted by atomic mass is 10.3. The Morgan fingerprint density at radius 3 is 2.74 bits per heavy atom. The zero-order valence-electron chi connectivity index (χ0n) is 10.9. The Morgan fingerprint density at radius 2 is 2.21 bits per heavy atom. The molecule has 108 valence electrons. The van der Waals surface area contributed by atoms with E-state index in [1.807, 2.05) is 6.92 Å². The van der Waals surface area contributed by atoms with Crippen LogP contribution in [0.5, 0.6) is 5.88 Å². The molecule has 2 heterocycles. The van der Waals surface area contributed by atoms with Crippen LogP contribution in [0.1, 0.15) is 6.92 Å². The highest BCUT2D eigenvalue weighted by atomic mass is 35.5. The van der Waals surface area contributed by atoms with Gasteiger partial charge in [0.05, 0.1) is 13.3 Å². The molecule has 0 unspecified atom stereocenters. The van der Waals surface area contributed by atoms with Crippen molar-refractivity contribution < 1.29 is 13.2 Å². The average molecular weight is 308 g/mol. The molecule has 8 heteroatoms. The molecule has 0 aliphatic carbocycles. The molecule has 0 bridgehead atoms. The summed E-state index contributed by atoms with van der Waals surface area (Å²) < 4.78 is 31.1. The molecular weight excluding hydrogens is 290 g/mol. The standard InChI is InChI=1S/C11H17N3O3S.ClH/c1-9-8-14(6-5-12-9)18(15,16)10-3-4-11(17-2)13-7-10;/h3-4,7,9,12H,5-6,8H2,1-2H3;1H/t9-;/m1./s1. The van der Waals surface area contributed by atoms with Crippen LogP contribution in [0.25, 0.3) is 0 Å². The van der Waals surface area contributed by atoms with Crippen molar-refractivity contribution in [3.63, 3.8) is 0 Å². The first-order chi connectivity index (χ1) is 8.54. The molecule has 0 aromatic carbocycles. The zero-order valence-corrected chi connectivity index (χ0v) is 12.5. The second-order valence-electron chi connectivity index (χ2n) is 4.25. The molecule has 1 aliphatic rings. The Morgan fingerprint density at radius 1 is 1.47 bits per heavy atom. The second-order valence-corrected chi connectivity index (χ2v) is 6.19. The number of hydrogen-bond donors (Lipinski definition) is 1. The average Bonchev–Trinajstić information content (AvgIpc) is 2.39. The van der Waals surface area contributed by atoms with Gasteiger partial charge in [-0.1, -0.05) is 0 Å². The Bertz CT molecular complexity index is 506. The third-order valence-electron chi connectivity index (χ3n) is 2.89. The van der Waals surface area contributed by atoms with E-state index in [1.54, 1.807) is 6.07 Å². The predicted octanol–water partition coefficient (Wildman–Crippen LogP) is 0.494. The zero-order chi connectivity index (χ0) is 13.2. The maximum Gasteiger partial charge on any atom is 0.244 e. The monoisotopic (exact) mass is 307 g/mol. The van der Waals surface area contributed by atoms with Gasteiger partial charge in [-0.25, -0.2) is 13.4 Å². The van der Waals surface area contributed by atoms with E-state index < -0.39 is 10.0 Å². The molecule has 19 heavy (non-hydrogen) atoms. The Hall–Kier alpha value is -0.890. The SMILES string of the molecule is COc1ccc(S(=O)(=O)N2CCN[C@H](C)C2)cn1.Cl. The van der Waals surface area contributed by atoms with E-state index in [-0.39, 0.29) is 23.3 Å². The van der Waals surface area contributed by atoms with Gasteiger partial charge in [-0.15, -0.1) is 12.4 Å². The molecule has 6 nitrogen and oxygen atoms in total. The Kier molecular flexibility index (Phi) is 5.54. The summed E-state index contributed by atoms with van der Waals surface area (Å²) in [7, 11) is -1.95. The fourth-order valence-corrected chi connectivity index (χ4v) is 3.38. The summed E-state index contributed by atoms with van der Waals surface area (Å²) in [6, 6.07) is 3.24. The van der Waals surface area contributed by atoms with Crippen LogP contribution < -0.4 is 10.1 Å². The fourth-order valence-electron chi connectivity index (χ4n) is 1.90. The van der Waals surface area contributed by atoms with Gasteiger partial charge in [-0.3, -0.25) is 0 Å². The van der Waals surface area contributed by atoms with E-state index in [2.05, 4.69) is 10.3 Å². The number of hydrogen-bond acceptors (Lipinski definition) is 5. The highest BCUT2D eigenvalue weighted by Gasteiger charge is 2.28. The molecule has 1 aromatic heterocycles. The molecule has 0 amide bonds. The second kappa shape index (κ2) is 6.51. The number of sulfonamides is 1. The van der Waals surface area contributed by atoms with Crippen LogP contribution in [-0.2, 0) is 10.0 Å². The Labute approximate surface area is 119 Å². The fraction of sp³-hybridized carbons (Fsp3) is 0.545. The highest BCUT2D eigenvalue weighted by Crippen LogP contribution is 2.18. The molecule has 0 spiro atoms. The summed E-state index contributed by atoms with van der Waals surface area (Å²) in [6.45, 7) is 3.60. The van der Waals surface area contributed by atoms with Crippen LogP contribution in [0.3, 0.4) is 0 Å². The number of nitrogens with one attached hydrogen (secondary N) is 1. The normalized spacial score (nSPS) is 20.6. The summed E-state index contributed by atoms with van der Waals surface area (Å²) in [5.41, 5.74) is 0. The number of ether oxygens (including phenoxy) is 1. The van der Waals surface area contributed by atoms with Crippen molar-refractivity contribution in [2.75, 3.05) is 26.7 Å². The number of pyridine rings is 1. The molecule has 0 saturated carbocycles. The van der Waals surface area contributed by atoms with Gasteiger partial charge >= 0.3 is 0 Å². The van der Waals surface area contributed by atoms with E-state index in [9.17, 15) is 8.42 Å². The first kappa shape index (κ1) is 16.2. The van der Waals surface area contributed by atoms with Crippen molar-refractivity contribution >= 4 is 22.4 Å². The summed E-state index contributed by atoms with van der Waals surface area (Å²) in [4.78, 5) is 4.14. The van der Waals surface area contributed by atoms with E-state index in [4.69, 9.17) is 4.74 Å². The molecule has 1 saturated heterocycles. The third-order valence-corrected chi connectivity index (χ3v) is 4.74. The van der Waals surface area contributed by atoms with Crippen LogP contribution in [0.2, 0.25) is 0 Å². The molecule has 0 radical (unpaired) electrons. The number of halogens is 1. The maximum atomic E-state index is 12.3. The summed E-state index contributed by atoms with van der Waals surface area (Å²) in [5, 5.41) is 3.21. The highest BCUT2D eigenvalue weighted by molar-refractivity contribution is 7.89. The van der Waals surface area contributed by atoms with Crippen LogP contribution in [-0.4, -0.2) is 50.5 Å². The number of piperazine rings is 1. The lowest BCUT2D eigenvalue weighted by molar-refractivity contribution is 0.310. The van der Waals surface area contributed by atoms with Crippen molar-refractivity contribution in [2.24, 2.45) is 0 Å².